The lowest BCUT2D eigenvalue weighted by molar-refractivity contribution is -0.164. The number of allylic oxidation sites excluding steroid dienone is 1. The average Bonchev–Trinajstić information content (AvgIpc) is 2.71. The van der Waals surface area contributed by atoms with E-state index in [4.69, 9.17) is 23.7 Å². The minimum Gasteiger partial charge on any atom is -0.493 e. The Labute approximate surface area is 174 Å². The molecule has 2 atom stereocenters. The number of rotatable bonds is 8. The second-order valence-corrected chi connectivity index (χ2v) is 6.33. The second-order valence-electron chi connectivity index (χ2n) is 6.33. The Morgan fingerprint density at radius 1 is 1.10 bits per heavy atom. The van der Waals surface area contributed by atoms with E-state index in [1.165, 1.54) is 28.3 Å². The van der Waals surface area contributed by atoms with Gasteiger partial charge in [0.05, 0.1) is 39.6 Å². The van der Waals surface area contributed by atoms with Crippen LogP contribution < -0.4 is 24.8 Å². The van der Waals surface area contributed by atoms with Crippen molar-refractivity contribution in [2.75, 3.05) is 27.9 Å². The summed E-state index contributed by atoms with van der Waals surface area (Å²) in [5.74, 6) is -0.375. The van der Waals surface area contributed by atoms with Gasteiger partial charge in [0, 0.05) is 5.70 Å². The maximum atomic E-state index is 12.9. The van der Waals surface area contributed by atoms with E-state index in [1.54, 1.807) is 26.0 Å². The molecule has 30 heavy (non-hydrogen) atoms. The molecule has 0 aromatic heterocycles. The Kier molecular flexibility index (Phi) is 7.51. The second kappa shape index (κ2) is 9.86. The van der Waals surface area contributed by atoms with Crippen molar-refractivity contribution in [2.45, 2.75) is 32.9 Å². The van der Waals surface area contributed by atoms with Crippen LogP contribution in [0.3, 0.4) is 0 Å². The molecule has 1 aliphatic rings. The van der Waals surface area contributed by atoms with E-state index in [-0.39, 0.29) is 12.2 Å². The summed E-state index contributed by atoms with van der Waals surface area (Å²) in [5, 5.41) is 5.23. The van der Waals surface area contributed by atoms with Crippen LogP contribution in [0.15, 0.2) is 23.4 Å². The smallest absolute Gasteiger partial charge is 0.347 e. The number of ether oxygens (including phenoxy) is 5. The molecule has 0 saturated carbocycles. The van der Waals surface area contributed by atoms with Gasteiger partial charge in [-0.05, 0) is 38.5 Å². The molecule has 164 valence electrons. The average molecular weight is 422 g/mol. The molecule has 0 saturated heterocycles. The summed E-state index contributed by atoms with van der Waals surface area (Å²) in [5.41, 5.74) is 0.910. The lowest BCUT2D eigenvalue weighted by Crippen LogP contribution is -2.45. The van der Waals surface area contributed by atoms with Crippen molar-refractivity contribution >= 4 is 18.0 Å². The van der Waals surface area contributed by atoms with Gasteiger partial charge < -0.3 is 34.3 Å². The van der Waals surface area contributed by atoms with Gasteiger partial charge in [0.2, 0.25) is 5.75 Å². The monoisotopic (exact) mass is 422 g/mol. The molecule has 2 N–H and O–H groups in total. The number of methoxy groups -OCH3 is 3. The Bertz CT molecular complexity index is 839. The van der Waals surface area contributed by atoms with Crippen molar-refractivity contribution in [2.24, 2.45) is 0 Å². The van der Waals surface area contributed by atoms with Gasteiger partial charge >= 0.3 is 18.0 Å². The van der Waals surface area contributed by atoms with Gasteiger partial charge in [0.25, 0.3) is 0 Å². The van der Waals surface area contributed by atoms with E-state index in [1.807, 2.05) is 0 Å². The number of nitrogens with one attached hydrogen (secondary N) is 2. The van der Waals surface area contributed by atoms with Crippen LogP contribution in [0.5, 0.6) is 17.2 Å². The van der Waals surface area contributed by atoms with Crippen LogP contribution in [-0.2, 0) is 19.1 Å². The van der Waals surface area contributed by atoms with Gasteiger partial charge in [-0.3, -0.25) is 0 Å². The lowest BCUT2D eigenvalue weighted by Gasteiger charge is -2.29. The van der Waals surface area contributed by atoms with E-state index in [0.717, 1.165) is 0 Å². The number of benzene rings is 1. The summed E-state index contributed by atoms with van der Waals surface area (Å²) < 4.78 is 26.2. The Balaban J connectivity index is 2.47. The minimum atomic E-state index is -1.11. The minimum absolute atomic E-state index is 0.125. The first kappa shape index (κ1) is 22.9. The molecule has 2 amide bonds. The standard InChI is InChI=1S/C20H26N2O8/c1-7-29-18(23)11(3)30-19(24)15-10(2)21-20(25)22-16(15)12-8-13(26-4)17(28-6)14(9-12)27-5/h8-9,11,16H,7H2,1-6H3,(H2,21,22,25)/t11-,16-/m1/s1. The third-order valence-electron chi connectivity index (χ3n) is 4.41. The van der Waals surface area contributed by atoms with Crippen molar-refractivity contribution in [3.05, 3.63) is 29.0 Å². The Morgan fingerprint density at radius 3 is 2.20 bits per heavy atom. The number of esters is 2. The summed E-state index contributed by atoms with van der Waals surface area (Å²) in [7, 11) is 4.38. The van der Waals surface area contributed by atoms with E-state index < -0.39 is 30.1 Å². The van der Waals surface area contributed by atoms with Crippen molar-refractivity contribution in [3.63, 3.8) is 0 Å². The van der Waals surface area contributed by atoms with Gasteiger partial charge in [-0.2, -0.15) is 0 Å². The summed E-state index contributed by atoms with van der Waals surface area (Å²) >= 11 is 0. The summed E-state index contributed by atoms with van der Waals surface area (Å²) in [4.78, 5) is 36.8. The summed E-state index contributed by atoms with van der Waals surface area (Å²) in [6.45, 7) is 4.79. The van der Waals surface area contributed by atoms with Gasteiger partial charge in [0.1, 0.15) is 0 Å². The van der Waals surface area contributed by atoms with Crippen molar-refractivity contribution in [1.82, 2.24) is 10.6 Å². The molecule has 0 radical (unpaired) electrons. The van der Waals surface area contributed by atoms with Crippen molar-refractivity contribution < 1.29 is 38.1 Å². The van der Waals surface area contributed by atoms with E-state index in [2.05, 4.69) is 10.6 Å². The van der Waals surface area contributed by atoms with Crippen LogP contribution in [0, 0.1) is 0 Å². The highest BCUT2D eigenvalue weighted by Crippen LogP contribution is 2.41. The molecule has 2 rings (SSSR count). The quantitative estimate of drug-likeness (QED) is 0.609. The SMILES string of the molecule is CCOC(=O)[C@@H](C)OC(=O)C1=C(C)NC(=O)N[C@@H]1c1cc(OC)c(OC)c(OC)c1. The highest BCUT2D eigenvalue weighted by molar-refractivity contribution is 5.96. The molecule has 0 fully saturated rings. The Morgan fingerprint density at radius 2 is 1.70 bits per heavy atom. The zero-order valence-electron chi connectivity index (χ0n) is 17.8. The molecule has 1 heterocycles. The highest BCUT2D eigenvalue weighted by atomic mass is 16.6. The van der Waals surface area contributed by atoms with E-state index in [0.29, 0.717) is 28.5 Å². The van der Waals surface area contributed by atoms with Crippen LogP contribution in [0.4, 0.5) is 4.79 Å². The molecule has 0 bridgehead atoms. The first-order valence-corrected chi connectivity index (χ1v) is 9.23. The summed E-state index contributed by atoms with van der Waals surface area (Å²) in [6, 6.07) is 1.86. The topological polar surface area (TPSA) is 121 Å². The molecule has 0 unspecified atom stereocenters. The Hall–Kier alpha value is -3.43. The van der Waals surface area contributed by atoms with Crippen LogP contribution >= 0.6 is 0 Å². The molecule has 1 aliphatic heterocycles. The van der Waals surface area contributed by atoms with E-state index in [9.17, 15) is 14.4 Å². The maximum Gasteiger partial charge on any atom is 0.347 e. The summed E-state index contributed by atoms with van der Waals surface area (Å²) in [6.07, 6.45) is -1.11. The maximum absolute atomic E-state index is 12.9. The van der Waals surface area contributed by atoms with Crippen molar-refractivity contribution in [3.8, 4) is 17.2 Å². The van der Waals surface area contributed by atoms with Gasteiger partial charge in [-0.1, -0.05) is 0 Å². The van der Waals surface area contributed by atoms with Gasteiger partial charge in [-0.15, -0.1) is 0 Å². The third-order valence-corrected chi connectivity index (χ3v) is 4.41. The first-order chi connectivity index (χ1) is 14.3. The number of carbonyl (C=O) groups is 3. The molecular weight excluding hydrogens is 396 g/mol. The first-order valence-electron chi connectivity index (χ1n) is 9.23. The predicted molar refractivity (Wildman–Crippen MR) is 105 cm³/mol. The van der Waals surface area contributed by atoms with Crippen LogP contribution in [0.25, 0.3) is 0 Å². The predicted octanol–water partition coefficient (Wildman–Crippen LogP) is 1.84. The van der Waals surface area contributed by atoms with Gasteiger partial charge in [0.15, 0.2) is 17.6 Å². The van der Waals surface area contributed by atoms with Crippen LogP contribution in [0.1, 0.15) is 32.4 Å². The molecular formula is C20H26N2O8. The fourth-order valence-electron chi connectivity index (χ4n) is 3.01. The normalized spacial score (nSPS) is 16.7. The highest BCUT2D eigenvalue weighted by Gasteiger charge is 2.35. The number of amides is 2. The van der Waals surface area contributed by atoms with Crippen LogP contribution in [0.2, 0.25) is 0 Å². The zero-order chi connectivity index (χ0) is 22.4. The molecule has 1 aromatic carbocycles. The zero-order valence-corrected chi connectivity index (χ0v) is 17.8. The fourth-order valence-corrected chi connectivity index (χ4v) is 3.01. The van der Waals surface area contributed by atoms with Crippen LogP contribution in [-0.4, -0.2) is 52.0 Å². The molecule has 0 aliphatic carbocycles. The van der Waals surface area contributed by atoms with Crippen molar-refractivity contribution in [1.29, 1.82) is 0 Å². The number of carbonyl (C=O) groups excluding carboxylic acids is 3. The molecule has 1 aromatic rings. The molecule has 0 spiro atoms. The molecule has 10 nitrogen and oxygen atoms in total. The van der Waals surface area contributed by atoms with E-state index >= 15 is 0 Å². The fraction of sp³-hybridized carbons (Fsp3) is 0.450. The number of hydrogen-bond acceptors (Lipinski definition) is 8. The third kappa shape index (κ3) is 4.76. The number of urea groups is 1. The van der Waals surface area contributed by atoms with Gasteiger partial charge in [-0.25, -0.2) is 14.4 Å². The number of hydrogen-bond donors (Lipinski definition) is 2. The lowest BCUT2D eigenvalue weighted by atomic mass is 9.95. The molecule has 10 heteroatoms. The largest absolute Gasteiger partial charge is 0.493 e.